The fourth-order valence-corrected chi connectivity index (χ4v) is 2.46. The molecule has 2 atom stereocenters. The lowest BCUT2D eigenvalue weighted by Gasteiger charge is -2.21. The van der Waals surface area contributed by atoms with Crippen LogP contribution < -0.4 is 20.5 Å². The van der Waals surface area contributed by atoms with Gasteiger partial charge in [-0.05, 0) is 25.0 Å². The molecule has 116 valence electrons. The van der Waals surface area contributed by atoms with Crippen LogP contribution in [0.3, 0.4) is 0 Å². The number of fused-ring (bicyclic) bond motifs is 1. The summed E-state index contributed by atoms with van der Waals surface area (Å²) in [6.07, 6.45) is 1.06. The van der Waals surface area contributed by atoms with Gasteiger partial charge in [-0.3, -0.25) is 4.79 Å². The van der Waals surface area contributed by atoms with Crippen LogP contribution >= 0.6 is 12.4 Å². The monoisotopic (exact) mass is 314 g/mol. The Balaban J connectivity index is 0.00000161. The molecule has 0 unspecified atom stereocenters. The lowest BCUT2D eigenvalue weighted by atomic mass is 10.2. The molecule has 2 aliphatic heterocycles. The predicted octanol–water partition coefficient (Wildman–Crippen LogP) is 1.32. The van der Waals surface area contributed by atoms with Gasteiger partial charge in [0.05, 0.1) is 11.8 Å². The lowest BCUT2D eigenvalue weighted by molar-refractivity contribution is -0.126. The summed E-state index contributed by atoms with van der Waals surface area (Å²) < 4.78 is 16.6. The van der Waals surface area contributed by atoms with Crippen molar-refractivity contribution in [1.29, 1.82) is 0 Å². The maximum absolute atomic E-state index is 12.2. The lowest BCUT2D eigenvalue weighted by Crippen LogP contribution is -2.30. The van der Waals surface area contributed by atoms with Crippen LogP contribution in [0, 0.1) is 0 Å². The summed E-state index contributed by atoms with van der Waals surface area (Å²) in [5.74, 6) is 1.07. The normalized spacial score (nSPS) is 23.3. The van der Waals surface area contributed by atoms with Crippen molar-refractivity contribution in [3.05, 3.63) is 18.2 Å². The number of nitrogens with one attached hydrogen (secondary N) is 1. The molecule has 0 aromatic heterocycles. The molecular formula is C14H19ClN2O4. The van der Waals surface area contributed by atoms with Gasteiger partial charge in [0.25, 0.3) is 5.91 Å². The standard InChI is InChI=1S/C14H18N2O4.ClH/c15-8-9-4-5-12(20-9)14(17)16-10-2-1-3-11-13(10)19-7-6-18-11;/h1-3,9,12H,4-8,15H2,(H,16,17);1H/t9-,12+;/m1./s1. The average Bonchev–Trinajstić information content (AvgIpc) is 2.97. The number of anilines is 1. The number of halogens is 1. The Morgan fingerprint density at radius 3 is 2.86 bits per heavy atom. The van der Waals surface area contributed by atoms with Crippen molar-refractivity contribution in [2.24, 2.45) is 5.73 Å². The van der Waals surface area contributed by atoms with Crippen molar-refractivity contribution in [2.75, 3.05) is 25.1 Å². The van der Waals surface area contributed by atoms with Crippen LogP contribution in [0.5, 0.6) is 11.5 Å². The number of amides is 1. The largest absolute Gasteiger partial charge is 0.486 e. The van der Waals surface area contributed by atoms with E-state index >= 15 is 0 Å². The molecule has 0 saturated carbocycles. The average molecular weight is 315 g/mol. The summed E-state index contributed by atoms with van der Waals surface area (Å²) >= 11 is 0. The fraction of sp³-hybridized carbons (Fsp3) is 0.500. The molecule has 1 fully saturated rings. The molecular weight excluding hydrogens is 296 g/mol. The first-order valence-corrected chi connectivity index (χ1v) is 6.83. The van der Waals surface area contributed by atoms with E-state index in [1.165, 1.54) is 0 Å². The first-order chi connectivity index (χ1) is 9.78. The molecule has 6 nitrogen and oxygen atoms in total. The van der Waals surface area contributed by atoms with Crippen molar-refractivity contribution in [3.8, 4) is 11.5 Å². The first-order valence-electron chi connectivity index (χ1n) is 6.83. The molecule has 3 rings (SSSR count). The summed E-state index contributed by atoms with van der Waals surface area (Å²) in [7, 11) is 0. The van der Waals surface area contributed by atoms with Gasteiger partial charge in [-0.2, -0.15) is 0 Å². The van der Waals surface area contributed by atoms with Crippen LogP contribution in [0.25, 0.3) is 0 Å². The summed E-state index contributed by atoms with van der Waals surface area (Å²) in [5.41, 5.74) is 6.16. The van der Waals surface area contributed by atoms with Crippen molar-refractivity contribution in [2.45, 2.75) is 25.0 Å². The van der Waals surface area contributed by atoms with E-state index in [9.17, 15) is 4.79 Å². The Morgan fingerprint density at radius 2 is 2.10 bits per heavy atom. The topological polar surface area (TPSA) is 82.8 Å². The Kier molecular flexibility index (Phi) is 5.27. The number of hydrogen-bond donors (Lipinski definition) is 2. The molecule has 2 aliphatic rings. The van der Waals surface area contributed by atoms with Gasteiger partial charge in [0, 0.05) is 6.54 Å². The highest BCUT2D eigenvalue weighted by molar-refractivity contribution is 5.96. The molecule has 1 aromatic carbocycles. The maximum atomic E-state index is 12.2. The minimum absolute atomic E-state index is 0. The van der Waals surface area contributed by atoms with E-state index < -0.39 is 6.10 Å². The SMILES string of the molecule is Cl.NC[C@H]1CC[C@@H](C(=O)Nc2cccc3c2OCCO3)O1. The third-order valence-electron chi connectivity index (χ3n) is 3.49. The maximum Gasteiger partial charge on any atom is 0.253 e. The van der Waals surface area contributed by atoms with Crippen LogP contribution in [-0.2, 0) is 9.53 Å². The molecule has 1 amide bonds. The van der Waals surface area contributed by atoms with Crippen LogP contribution in [-0.4, -0.2) is 37.9 Å². The quantitative estimate of drug-likeness (QED) is 0.879. The van der Waals surface area contributed by atoms with E-state index in [1.807, 2.05) is 12.1 Å². The van der Waals surface area contributed by atoms with Gasteiger partial charge in [-0.25, -0.2) is 0 Å². The summed E-state index contributed by atoms with van der Waals surface area (Å²) in [6, 6.07) is 5.43. The molecule has 1 aromatic rings. The zero-order valence-electron chi connectivity index (χ0n) is 11.5. The molecule has 0 bridgehead atoms. The van der Waals surface area contributed by atoms with Crippen LogP contribution in [0.2, 0.25) is 0 Å². The van der Waals surface area contributed by atoms with Gasteiger partial charge in [-0.15, -0.1) is 12.4 Å². The predicted molar refractivity (Wildman–Crippen MR) is 80.3 cm³/mol. The van der Waals surface area contributed by atoms with E-state index in [2.05, 4.69) is 5.32 Å². The molecule has 0 spiro atoms. The van der Waals surface area contributed by atoms with Gasteiger partial charge in [-0.1, -0.05) is 6.07 Å². The highest BCUT2D eigenvalue weighted by Crippen LogP contribution is 2.37. The Hall–Kier alpha value is -1.50. The highest BCUT2D eigenvalue weighted by Gasteiger charge is 2.30. The number of ether oxygens (including phenoxy) is 3. The van der Waals surface area contributed by atoms with E-state index in [1.54, 1.807) is 6.07 Å². The van der Waals surface area contributed by atoms with Gasteiger partial charge in [0.2, 0.25) is 0 Å². The second kappa shape index (κ2) is 6.98. The van der Waals surface area contributed by atoms with E-state index in [0.717, 1.165) is 6.42 Å². The number of carbonyl (C=O) groups is 1. The van der Waals surface area contributed by atoms with Crippen molar-refractivity contribution in [3.63, 3.8) is 0 Å². The number of carbonyl (C=O) groups excluding carboxylic acids is 1. The molecule has 1 saturated heterocycles. The van der Waals surface area contributed by atoms with Crippen molar-refractivity contribution >= 4 is 24.0 Å². The molecule has 7 heteroatoms. The minimum Gasteiger partial charge on any atom is -0.486 e. The number of benzene rings is 1. The van der Waals surface area contributed by atoms with Crippen LogP contribution in [0.4, 0.5) is 5.69 Å². The van der Waals surface area contributed by atoms with E-state index in [4.69, 9.17) is 19.9 Å². The third kappa shape index (κ3) is 3.40. The molecule has 3 N–H and O–H groups in total. The fourth-order valence-electron chi connectivity index (χ4n) is 2.46. The zero-order chi connectivity index (χ0) is 13.9. The van der Waals surface area contributed by atoms with Gasteiger partial charge >= 0.3 is 0 Å². The van der Waals surface area contributed by atoms with Gasteiger partial charge in [0.1, 0.15) is 19.3 Å². The highest BCUT2D eigenvalue weighted by atomic mass is 35.5. The van der Waals surface area contributed by atoms with E-state index in [0.29, 0.717) is 43.4 Å². The molecule has 0 aliphatic carbocycles. The first kappa shape index (κ1) is 15.9. The number of rotatable bonds is 3. The van der Waals surface area contributed by atoms with Gasteiger partial charge in [0.15, 0.2) is 11.5 Å². The van der Waals surface area contributed by atoms with Crippen LogP contribution in [0.1, 0.15) is 12.8 Å². The Labute approximate surface area is 129 Å². The van der Waals surface area contributed by atoms with E-state index in [-0.39, 0.29) is 24.4 Å². The summed E-state index contributed by atoms with van der Waals surface area (Å²) in [5, 5.41) is 2.85. The second-order valence-corrected chi connectivity index (χ2v) is 4.88. The van der Waals surface area contributed by atoms with Gasteiger partial charge < -0.3 is 25.3 Å². The Morgan fingerprint density at radius 1 is 1.29 bits per heavy atom. The smallest absolute Gasteiger partial charge is 0.253 e. The van der Waals surface area contributed by atoms with Crippen molar-refractivity contribution < 1.29 is 19.0 Å². The molecule has 2 heterocycles. The number of nitrogens with two attached hydrogens (primary N) is 1. The summed E-state index contributed by atoms with van der Waals surface area (Å²) in [6.45, 7) is 1.45. The van der Waals surface area contributed by atoms with Crippen molar-refractivity contribution in [1.82, 2.24) is 0 Å². The number of para-hydroxylation sites is 1. The molecule has 21 heavy (non-hydrogen) atoms. The second-order valence-electron chi connectivity index (χ2n) is 4.88. The number of hydrogen-bond acceptors (Lipinski definition) is 5. The summed E-state index contributed by atoms with van der Waals surface area (Å²) in [4.78, 5) is 12.2. The minimum atomic E-state index is -0.441. The third-order valence-corrected chi connectivity index (χ3v) is 3.49. The zero-order valence-corrected chi connectivity index (χ0v) is 12.4. The van der Waals surface area contributed by atoms with Crippen LogP contribution in [0.15, 0.2) is 18.2 Å². The molecule has 0 radical (unpaired) electrons. The Bertz CT molecular complexity index is 512.